The SMILES string of the molecule is CCOC(=O)c1cnn(-c2ncnc3sc(C)c(C)c23)c1N=CN(C)C. The van der Waals surface area contributed by atoms with Crippen LogP contribution in [0.4, 0.5) is 5.82 Å². The van der Waals surface area contributed by atoms with Crippen molar-refractivity contribution < 1.29 is 9.53 Å². The van der Waals surface area contributed by atoms with E-state index in [-0.39, 0.29) is 6.61 Å². The van der Waals surface area contributed by atoms with E-state index >= 15 is 0 Å². The molecule has 3 rings (SSSR count). The van der Waals surface area contributed by atoms with Crippen molar-refractivity contribution in [3.63, 3.8) is 0 Å². The molecule has 3 heterocycles. The molecule has 0 saturated heterocycles. The van der Waals surface area contributed by atoms with Crippen molar-refractivity contribution in [2.75, 3.05) is 20.7 Å². The molecule has 8 nitrogen and oxygen atoms in total. The van der Waals surface area contributed by atoms with Gasteiger partial charge in [-0.2, -0.15) is 9.78 Å². The maximum Gasteiger partial charge on any atom is 0.343 e. The number of carbonyl (C=O) groups is 1. The normalized spacial score (nSPS) is 11.4. The molecule has 26 heavy (non-hydrogen) atoms. The van der Waals surface area contributed by atoms with Crippen molar-refractivity contribution in [3.05, 3.63) is 28.5 Å². The highest BCUT2D eigenvalue weighted by Crippen LogP contribution is 2.33. The van der Waals surface area contributed by atoms with E-state index in [1.165, 1.54) is 12.5 Å². The minimum Gasteiger partial charge on any atom is -0.462 e. The van der Waals surface area contributed by atoms with Crippen molar-refractivity contribution in [3.8, 4) is 5.82 Å². The molecule has 0 fully saturated rings. The largest absolute Gasteiger partial charge is 0.462 e. The number of rotatable bonds is 5. The molecule has 0 N–H and O–H groups in total. The molecular formula is C17H20N6O2S. The maximum absolute atomic E-state index is 12.3. The standard InChI is InChI=1S/C17H20N6O2S/c1-6-25-17(24)12-7-21-23(14(12)20-9-22(4)5)15-13-10(2)11(3)26-16(13)19-8-18-15/h7-9H,6H2,1-5H3. The van der Waals surface area contributed by atoms with E-state index < -0.39 is 5.97 Å². The number of hydrogen-bond donors (Lipinski definition) is 0. The summed E-state index contributed by atoms with van der Waals surface area (Å²) in [6, 6.07) is 0. The van der Waals surface area contributed by atoms with E-state index in [1.807, 2.05) is 27.9 Å². The first-order chi connectivity index (χ1) is 12.4. The molecule has 0 aliphatic heterocycles. The molecule has 0 atom stereocenters. The Morgan fingerprint density at radius 1 is 1.38 bits per heavy atom. The molecule has 0 unspecified atom stereocenters. The first-order valence-electron chi connectivity index (χ1n) is 8.10. The van der Waals surface area contributed by atoms with Gasteiger partial charge >= 0.3 is 5.97 Å². The van der Waals surface area contributed by atoms with Crippen LogP contribution in [0.15, 0.2) is 17.5 Å². The van der Waals surface area contributed by atoms with Gasteiger partial charge in [0.25, 0.3) is 0 Å². The molecule has 136 valence electrons. The lowest BCUT2D eigenvalue weighted by Crippen LogP contribution is -2.09. The van der Waals surface area contributed by atoms with Crippen LogP contribution in [-0.2, 0) is 4.74 Å². The smallest absolute Gasteiger partial charge is 0.343 e. The highest BCUT2D eigenvalue weighted by molar-refractivity contribution is 7.18. The summed E-state index contributed by atoms with van der Waals surface area (Å²) in [6.45, 7) is 6.11. The van der Waals surface area contributed by atoms with Gasteiger partial charge < -0.3 is 9.64 Å². The predicted molar refractivity (Wildman–Crippen MR) is 102 cm³/mol. The number of carbonyl (C=O) groups excluding carboxylic acids is 1. The number of ether oxygens (including phenoxy) is 1. The van der Waals surface area contributed by atoms with Gasteiger partial charge in [0.15, 0.2) is 11.6 Å². The van der Waals surface area contributed by atoms with Crippen LogP contribution in [0.3, 0.4) is 0 Å². The molecular weight excluding hydrogens is 352 g/mol. The highest BCUT2D eigenvalue weighted by atomic mass is 32.1. The van der Waals surface area contributed by atoms with E-state index in [2.05, 4.69) is 20.1 Å². The molecule has 0 saturated carbocycles. The molecule has 3 aromatic rings. The minimum absolute atomic E-state index is 0.279. The minimum atomic E-state index is -0.465. The lowest BCUT2D eigenvalue weighted by molar-refractivity contribution is 0.0527. The summed E-state index contributed by atoms with van der Waals surface area (Å²) in [5.41, 5.74) is 1.39. The summed E-state index contributed by atoms with van der Waals surface area (Å²) in [4.78, 5) is 29.3. The van der Waals surface area contributed by atoms with E-state index in [1.54, 1.807) is 34.2 Å². The quantitative estimate of drug-likeness (QED) is 0.389. The van der Waals surface area contributed by atoms with E-state index in [9.17, 15) is 4.79 Å². The van der Waals surface area contributed by atoms with Gasteiger partial charge in [-0.25, -0.2) is 19.8 Å². The number of aromatic nitrogens is 4. The Morgan fingerprint density at radius 3 is 2.85 bits per heavy atom. The van der Waals surface area contributed by atoms with Crippen LogP contribution in [0, 0.1) is 13.8 Å². The van der Waals surface area contributed by atoms with Gasteiger partial charge in [-0.05, 0) is 26.3 Å². The first-order valence-corrected chi connectivity index (χ1v) is 8.92. The van der Waals surface area contributed by atoms with Gasteiger partial charge in [0.1, 0.15) is 16.7 Å². The van der Waals surface area contributed by atoms with Gasteiger partial charge in [0.2, 0.25) is 0 Å². The van der Waals surface area contributed by atoms with Gasteiger partial charge in [-0.3, -0.25) is 0 Å². The molecule has 0 amide bonds. The summed E-state index contributed by atoms with van der Waals surface area (Å²) < 4.78 is 6.69. The Labute approximate surface area is 155 Å². The summed E-state index contributed by atoms with van der Waals surface area (Å²) in [6.07, 6.45) is 4.57. The monoisotopic (exact) mass is 372 g/mol. The average molecular weight is 372 g/mol. The zero-order valence-electron chi connectivity index (χ0n) is 15.3. The third kappa shape index (κ3) is 3.17. The number of aliphatic imine (C=N–C) groups is 1. The Hall–Kier alpha value is -2.81. The highest BCUT2D eigenvalue weighted by Gasteiger charge is 2.22. The summed E-state index contributed by atoms with van der Waals surface area (Å²) in [5, 5.41) is 5.28. The van der Waals surface area contributed by atoms with Crippen LogP contribution in [-0.4, -0.2) is 57.7 Å². The summed E-state index contributed by atoms with van der Waals surface area (Å²) in [7, 11) is 3.70. The average Bonchev–Trinajstić information content (AvgIpc) is 3.14. The summed E-state index contributed by atoms with van der Waals surface area (Å²) in [5.74, 6) is 0.506. The summed E-state index contributed by atoms with van der Waals surface area (Å²) >= 11 is 1.60. The van der Waals surface area contributed by atoms with Crippen LogP contribution in [0.25, 0.3) is 16.0 Å². The lowest BCUT2D eigenvalue weighted by Gasteiger charge is -2.08. The van der Waals surface area contributed by atoms with Crippen molar-refractivity contribution >= 4 is 39.7 Å². The topological polar surface area (TPSA) is 85.5 Å². The number of hydrogen-bond acceptors (Lipinski definition) is 7. The fraction of sp³-hybridized carbons (Fsp3) is 0.353. The van der Waals surface area contributed by atoms with E-state index in [4.69, 9.17) is 4.74 Å². The first kappa shape index (κ1) is 18.0. The number of thiophene rings is 1. The van der Waals surface area contributed by atoms with E-state index in [0.29, 0.717) is 17.2 Å². The molecule has 0 aliphatic rings. The second-order valence-corrected chi connectivity index (χ2v) is 7.09. The second-order valence-electron chi connectivity index (χ2n) is 5.88. The Morgan fingerprint density at radius 2 is 2.15 bits per heavy atom. The third-order valence-electron chi connectivity index (χ3n) is 3.80. The maximum atomic E-state index is 12.3. The van der Waals surface area contributed by atoms with Crippen molar-refractivity contribution in [1.29, 1.82) is 0 Å². The van der Waals surface area contributed by atoms with Crippen LogP contribution in [0.2, 0.25) is 0 Å². The van der Waals surface area contributed by atoms with Gasteiger partial charge in [0.05, 0.1) is 24.5 Å². The van der Waals surface area contributed by atoms with Crippen molar-refractivity contribution in [2.45, 2.75) is 20.8 Å². The zero-order valence-corrected chi connectivity index (χ0v) is 16.2. The van der Waals surface area contributed by atoms with Crippen LogP contribution in [0.5, 0.6) is 0 Å². The zero-order chi connectivity index (χ0) is 18.8. The molecule has 3 aromatic heterocycles. The molecule has 0 radical (unpaired) electrons. The third-order valence-corrected chi connectivity index (χ3v) is 4.91. The number of nitrogens with zero attached hydrogens (tertiary/aromatic N) is 6. The molecule has 0 bridgehead atoms. The Kier molecular flexibility index (Phi) is 4.99. The van der Waals surface area contributed by atoms with Gasteiger partial charge in [-0.15, -0.1) is 11.3 Å². The number of esters is 1. The fourth-order valence-electron chi connectivity index (χ4n) is 2.47. The number of fused-ring (bicyclic) bond motifs is 1. The van der Waals surface area contributed by atoms with E-state index in [0.717, 1.165) is 20.7 Å². The molecule has 0 spiro atoms. The molecule has 0 aliphatic carbocycles. The Balaban J connectivity index is 2.24. The lowest BCUT2D eigenvalue weighted by atomic mass is 10.2. The van der Waals surface area contributed by atoms with Crippen molar-refractivity contribution in [1.82, 2.24) is 24.6 Å². The van der Waals surface area contributed by atoms with Gasteiger partial charge in [-0.1, -0.05) is 0 Å². The Bertz CT molecular complexity index is 989. The van der Waals surface area contributed by atoms with Crippen LogP contribution >= 0.6 is 11.3 Å². The van der Waals surface area contributed by atoms with Crippen LogP contribution in [0.1, 0.15) is 27.7 Å². The number of aryl methyl sites for hydroxylation is 2. The molecule has 9 heteroatoms. The fourth-order valence-corrected chi connectivity index (χ4v) is 3.46. The van der Waals surface area contributed by atoms with Crippen molar-refractivity contribution in [2.24, 2.45) is 4.99 Å². The second kappa shape index (κ2) is 7.20. The van der Waals surface area contributed by atoms with Gasteiger partial charge in [0, 0.05) is 19.0 Å². The molecule has 0 aromatic carbocycles. The van der Waals surface area contributed by atoms with Crippen LogP contribution < -0.4 is 0 Å². The predicted octanol–water partition coefficient (Wildman–Crippen LogP) is 2.89.